The molecule has 2 aromatic rings. The average molecular weight is 349 g/mol. The summed E-state index contributed by atoms with van der Waals surface area (Å²) in [5.74, 6) is 1.20. The lowest BCUT2D eigenvalue weighted by Gasteiger charge is -2.14. The summed E-state index contributed by atoms with van der Waals surface area (Å²) in [6.45, 7) is 0. The van der Waals surface area contributed by atoms with Crippen LogP contribution in [0, 0.1) is 5.92 Å². The number of fused-ring (bicyclic) bond motifs is 1. The SMILES string of the molecule is O=C(Nc1cc(Br)cc(-c2nn[nH]n2)c1)C1CC2CC2N1. The average Bonchev–Trinajstić information content (AvgIpc) is 2.92. The normalized spacial score (nSPS) is 26.4. The van der Waals surface area contributed by atoms with Crippen molar-refractivity contribution in [2.75, 3.05) is 5.32 Å². The molecule has 21 heavy (non-hydrogen) atoms. The van der Waals surface area contributed by atoms with Crippen molar-refractivity contribution in [3.8, 4) is 11.4 Å². The van der Waals surface area contributed by atoms with Crippen LogP contribution in [-0.4, -0.2) is 38.6 Å². The summed E-state index contributed by atoms with van der Waals surface area (Å²) in [5.41, 5.74) is 1.51. The fraction of sp³-hybridized carbons (Fsp3) is 0.385. The Kier molecular flexibility index (Phi) is 3.00. The number of hydrogen-bond donors (Lipinski definition) is 3. The van der Waals surface area contributed by atoms with E-state index in [1.807, 2.05) is 18.2 Å². The highest BCUT2D eigenvalue weighted by Gasteiger charge is 2.47. The number of H-pyrrole nitrogens is 1. The van der Waals surface area contributed by atoms with Crippen LogP contribution in [-0.2, 0) is 4.79 Å². The molecular formula is C13H13BrN6O. The van der Waals surface area contributed by atoms with Crippen molar-refractivity contribution in [1.29, 1.82) is 0 Å². The van der Waals surface area contributed by atoms with Gasteiger partial charge in [0.1, 0.15) is 0 Å². The lowest BCUT2D eigenvalue weighted by Crippen LogP contribution is -2.37. The Balaban J connectivity index is 1.53. The number of benzene rings is 1. The number of amides is 1. The number of aromatic nitrogens is 4. The molecule has 1 aliphatic carbocycles. The van der Waals surface area contributed by atoms with Crippen LogP contribution in [0.2, 0.25) is 0 Å². The number of piperidine rings is 1. The van der Waals surface area contributed by atoms with E-state index >= 15 is 0 Å². The number of nitrogens with zero attached hydrogens (tertiary/aromatic N) is 3. The lowest BCUT2D eigenvalue weighted by molar-refractivity contribution is -0.118. The lowest BCUT2D eigenvalue weighted by atomic mass is 10.1. The van der Waals surface area contributed by atoms with Crippen LogP contribution in [0.4, 0.5) is 5.69 Å². The van der Waals surface area contributed by atoms with E-state index in [0.29, 0.717) is 17.8 Å². The Morgan fingerprint density at radius 1 is 1.33 bits per heavy atom. The number of carbonyl (C=O) groups is 1. The second-order valence-corrected chi connectivity index (χ2v) is 6.43. The van der Waals surface area contributed by atoms with E-state index in [0.717, 1.165) is 22.1 Å². The summed E-state index contributed by atoms with van der Waals surface area (Å²) in [7, 11) is 0. The Hall–Kier alpha value is -1.80. The van der Waals surface area contributed by atoms with Crippen LogP contribution in [0.1, 0.15) is 12.8 Å². The standard InChI is InChI=1S/C13H13BrN6O/c14-8-1-7(12-17-19-20-18-12)2-9(5-8)15-13(21)11-4-6-3-10(6)16-11/h1-2,5-6,10-11,16H,3-4H2,(H,15,21)(H,17,18,19,20). The number of aromatic amines is 1. The molecule has 1 aromatic carbocycles. The van der Waals surface area contributed by atoms with Gasteiger partial charge in [-0.3, -0.25) is 4.79 Å². The second kappa shape index (κ2) is 4.88. The van der Waals surface area contributed by atoms with Gasteiger partial charge in [-0.05, 0) is 42.2 Å². The molecule has 2 fully saturated rings. The number of anilines is 1. The molecule has 3 unspecified atom stereocenters. The molecule has 1 saturated heterocycles. The second-order valence-electron chi connectivity index (χ2n) is 5.51. The fourth-order valence-electron chi connectivity index (χ4n) is 2.83. The van der Waals surface area contributed by atoms with Crippen LogP contribution < -0.4 is 10.6 Å². The summed E-state index contributed by atoms with van der Waals surface area (Å²) in [6.07, 6.45) is 2.14. The van der Waals surface area contributed by atoms with Gasteiger partial charge in [0.15, 0.2) is 0 Å². The van der Waals surface area contributed by atoms with Gasteiger partial charge in [-0.25, -0.2) is 0 Å². The number of hydrogen-bond acceptors (Lipinski definition) is 5. The molecule has 1 aliphatic heterocycles. The van der Waals surface area contributed by atoms with Gasteiger partial charge in [0.2, 0.25) is 11.7 Å². The molecule has 108 valence electrons. The first-order chi connectivity index (χ1) is 10.2. The molecule has 4 rings (SSSR count). The van der Waals surface area contributed by atoms with Crippen LogP contribution in [0.5, 0.6) is 0 Å². The van der Waals surface area contributed by atoms with Gasteiger partial charge in [-0.2, -0.15) is 5.21 Å². The largest absolute Gasteiger partial charge is 0.325 e. The van der Waals surface area contributed by atoms with Gasteiger partial charge in [-0.15, -0.1) is 10.2 Å². The van der Waals surface area contributed by atoms with Crippen molar-refractivity contribution < 1.29 is 4.79 Å². The summed E-state index contributed by atoms with van der Waals surface area (Å²) < 4.78 is 0.849. The van der Waals surface area contributed by atoms with E-state index in [4.69, 9.17) is 0 Å². The van der Waals surface area contributed by atoms with Crippen molar-refractivity contribution in [2.45, 2.75) is 24.9 Å². The zero-order valence-electron chi connectivity index (χ0n) is 11.0. The van der Waals surface area contributed by atoms with Crippen molar-refractivity contribution in [3.05, 3.63) is 22.7 Å². The molecule has 0 radical (unpaired) electrons. The Morgan fingerprint density at radius 2 is 2.24 bits per heavy atom. The molecule has 3 atom stereocenters. The third kappa shape index (κ3) is 2.56. The maximum atomic E-state index is 12.3. The van der Waals surface area contributed by atoms with Crippen LogP contribution in [0.3, 0.4) is 0 Å². The summed E-state index contributed by atoms with van der Waals surface area (Å²) in [5, 5.41) is 20.2. The minimum Gasteiger partial charge on any atom is -0.325 e. The van der Waals surface area contributed by atoms with Gasteiger partial charge < -0.3 is 10.6 Å². The third-order valence-corrected chi connectivity index (χ3v) is 4.42. The van der Waals surface area contributed by atoms with Gasteiger partial charge >= 0.3 is 0 Å². The number of rotatable bonds is 3. The highest BCUT2D eigenvalue weighted by Crippen LogP contribution is 2.40. The summed E-state index contributed by atoms with van der Waals surface area (Å²) in [6, 6.07) is 6.05. The first kappa shape index (κ1) is 12.9. The fourth-order valence-corrected chi connectivity index (χ4v) is 3.32. The van der Waals surface area contributed by atoms with Crippen molar-refractivity contribution in [1.82, 2.24) is 25.9 Å². The van der Waals surface area contributed by atoms with E-state index in [1.54, 1.807) is 0 Å². The minimum absolute atomic E-state index is 0.0133. The monoisotopic (exact) mass is 348 g/mol. The molecular weight excluding hydrogens is 336 g/mol. The van der Waals surface area contributed by atoms with Gasteiger partial charge in [0, 0.05) is 21.8 Å². The zero-order chi connectivity index (χ0) is 14.4. The van der Waals surface area contributed by atoms with Gasteiger partial charge in [0.25, 0.3) is 0 Å². The van der Waals surface area contributed by atoms with Crippen LogP contribution in [0.25, 0.3) is 11.4 Å². The molecule has 1 amide bonds. The topological polar surface area (TPSA) is 95.6 Å². The van der Waals surface area contributed by atoms with Crippen LogP contribution >= 0.6 is 15.9 Å². The van der Waals surface area contributed by atoms with Crippen molar-refractivity contribution in [2.24, 2.45) is 5.92 Å². The van der Waals surface area contributed by atoms with Crippen LogP contribution in [0.15, 0.2) is 22.7 Å². The predicted octanol–water partition coefficient (Wildman–Crippen LogP) is 1.32. The quantitative estimate of drug-likeness (QED) is 0.777. The molecule has 1 aromatic heterocycles. The molecule has 2 heterocycles. The van der Waals surface area contributed by atoms with Crippen molar-refractivity contribution >= 4 is 27.5 Å². The molecule has 0 spiro atoms. The molecule has 1 saturated carbocycles. The van der Waals surface area contributed by atoms with E-state index < -0.39 is 0 Å². The highest BCUT2D eigenvalue weighted by atomic mass is 79.9. The van der Waals surface area contributed by atoms with Crippen molar-refractivity contribution in [3.63, 3.8) is 0 Å². The molecule has 2 aliphatic rings. The number of tetrazole rings is 1. The molecule has 8 heteroatoms. The zero-order valence-corrected chi connectivity index (χ0v) is 12.6. The molecule has 0 bridgehead atoms. The van der Waals surface area contributed by atoms with E-state index in [2.05, 4.69) is 47.2 Å². The van der Waals surface area contributed by atoms with Gasteiger partial charge in [0.05, 0.1) is 6.04 Å². The highest BCUT2D eigenvalue weighted by molar-refractivity contribution is 9.10. The number of nitrogens with one attached hydrogen (secondary N) is 3. The van der Waals surface area contributed by atoms with E-state index in [1.165, 1.54) is 6.42 Å². The Labute approximate surface area is 129 Å². The number of halogens is 1. The third-order valence-electron chi connectivity index (χ3n) is 3.96. The predicted molar refractivity (Wildman–Crippen MR) is 79.4 cm³/mol. The molecule has 7 nitrogen and oxygen atoms in total. The Bertz CT molecular complexity index is 678. The smallest absolute Gasteiger partial charge is 0.241 e. The van der Waals surface area contributed by atoms with E-state index in [-0.39, 0.29) is 11.9 Å². The Morgan fingerprint density at radius 3 is 2.95 bits per heavy atom. The number of carbonyl (C=O) groups excluding carboxylic acids is 1. The van der Waals surface area contributed by atoms with E-state index in [9.17, 15) is 4.79 Å². The first-order valence-corrected chi connectivity index (χ1v) is 7.59. The maximum Gasteiger partial charge on any atom is 0.241 e. The first-order valence-electron chi connectivity index (χ1n) is 6.80. The summed E-state index contributed by atoms with van der Waals surface area (Å²) >= 11 is 3.44. The van der Waals surface area contributed by atoms with Gasteiger partial charge in [-0.1, -0.05) is 15.9 Å². The summed E-state index contributed by atoms with van der Waals surface area (Å²) in [4.78, 5) is 12.3. The molecule has 3 N–H and O–H groups in total. The minimum atomic E-state index is -0.0821. The maximum absolute atomic E-state index is 12.3.